The summed E-state index contributed by atoms with van der Waals surface area (Å²) < 4.78 is 117. The van der Waals surface area contributed by atoms with Crippen LogP contribution in [0.5, 0.6) is 0 Å². The molecule has 0 N–H and O–H groups in total. The van der Waals surface area contributed by atoms with Gasteiger partial charge in [-0.2, -0.15) is 0 Å². The quantitative estimate of drug-likeness (QED) is 0.403. The smallest absolute Gasteiger partial charge is 0.309 e. The molecule has 0 atom stereocenters. The molecule has 0 bridgehead atoms. The fourth-order valence-corrected chi connectivity index (χ4v) is 0.943. The standard InChI is InChI=1S/C4BF10O/c6-1(16)5(2(7,8)9,3(10,11)12)4(13,14)15/q-1. The molecule has 0 radical (unpaired) electrons. The Morgan fingerprint density at radius 3 is 0.875 bits per heavy atom. The Morgan fingerprint density at radius 2 is 0.875 bits per heavy atom. The zero-order valence-electron chi connectivity index (χ0n) is 6.77. The molecule has 12 heteroatoms. The monoisotopic (exact) mass is 265 g/mol. The van der Waals surface area contributed by atoms with Crippen molar-refractivity contribution >= 4 is 12.1 Å². The molecule has 0 unspecified atom stereocenters. The van der Waals surface area contributed by atoms with Gasteiger partial charge in [-0.3, -0.25) is 0 Å². The minimum absolute atomic E-state index is 4.51. The van der Waals surface area contributed by atoms with Crippen LogP contribution in [-0.4, -0.2) is 30.3 Å². The molecule has 96 valence electrons. The summed E-state index contributed by atoms with van der Waals surface area (Å²) in [6.45, 7) is 0. The molecule has 0 aromatic carbocycles. The van der Waals surface area contributed by atoms with Crippen LogP contribution >= 0.6 is 0 Å². The van der Waals surface area contributed by atoms with E-state index in [1.54, 1.807) is 0 Å². The average Bonchev–Trinajstić information content (AvgIpc) is 1.71. The van der Waals surface area contributed by atoms with Crippen LogP contribution in [0.4, 0.5) is 48.7 Å². The highest BCUT2D eigenvalue weighted by molar-refractivity contribution is 7.08. The van der Waals surface area contributed by atoms with Crippen molar-refractivity contribution in [2.24, 2.45) is 0 Å². The second-order valence-corrected chi connectivity index (χ2v) is 2.79. The van der Waals surface area contributed by atoms with Crippen molar-refractivity contribution in [3.05, 3.63) is 0 Å². The number of alkyl halides is 9. The molecule has 0 spiro atoms. The van der Waals surface area contributed by atoms with Crippen LogP contribution in [0, 0.1) is 0 Å². The molecule has 1 nitrogen and oxygen atoms in total. The largest absolute Gasteiger partial charge is 0.444 e. The molecule has 0 aliphatic heterocycles. The Labute approximate surface area is 80.3 Å². The lowest BCUT2D eigenvalue weighted by Crippen LogP contribution is -2.75. The molecule has 0 aromatic rings. The van der Waals surface area contributed by atoms with E-state index in [9.17, 15) is 48.7 Å². The van der Waals surface area contributed by atoms with Gasteiger partial charge in [0.1, 0.15) is 0 Å². The maximum Gasteiger partial charge on any atom is 0.444 e. The lowest BCUT2D eigenvalue weighted by Gasteiger charge is -2.39. The number of carbonyl (C=O) groups excluding carboxylic acids is 1. The second kappa shape index (κ2) is 3.52. The van der Waals surface area contributed by atoms with Crippen molar-refractivity contribution in [3.63, 3.8) is 0 Å². The highest BCUT2D eigenvalue weighted by Crippen LogP contribution is 2.51. The van der Waals surface area contributed by atoms with Crippen LogP contribution in [0.1, 0.15) is 0 Å². The average molecular weight is 265 g/mol. The predicted octanol–water partition coefficient (Wildman–Crippen LogP) is 3.41. The molecule has 0 heterocycles. The molecule has 0 fully saturated rings. The second-order valence-electron chi connectivity index (χ2n) is 2.79. The van der Waals surface area contributed by atoms with Crippen LogP contribution in [0.25, 0.3) is 0 Å². The van der Waals surface area contributed by atoms with Gasteiger partial charge in [0.2, 0.25) is 0 Å². The maximum atomic E-state index is 11.7. The normalized spacial score (nSPS) is 15.1. The van der Waals surface area contributed by atoms with Crippen LogP contribution in [-0.2, 0) is 0 Å². The van der Waals surface area contributed by atoms with Crippen LogP contribution < -0.4 is 0 Å². The van der Waals surface area contributed by atoms with Gasteiger partial charge < -0.3 is 4.79 Å². The third-order valence-corrected chi connectivity index (χ3v) is 1.81. The van der Waals surface area contributed by atoms with Crippen LogP contribution in [0.2, 0.25) is 0 Å². The number of carbonyl (C=O) groups is 1. The molecule has 16 heavy (non-hydrogen) atoms. The lowest BCUT2D eigenvalue weighted by molar-refractivity contribution is -0.159. The van der Waals surface area contributed by atoms with Gasteiger partial charge in [0.15, 0.2) is 5.94 Å². The van der Waals surface area contributed by atoms with Gasteiger partial charge in [-0.25, -0.2) is 43.9 Å². The van der Waals surface area contributed by atoms with Crippen molar-refractivity contribution in [2.45, 2.75) is 18.2 Å². The topological polar surface area (TPSA) is 17.1 Å². The van der Waals surface area contributed by atoms with Crippen molar-refractivity contribution in [2.75, 3.05) is 0 Å². The summed E-state index contributed by atoms with van der Waals surface area (Å²) in [6.07, 6.45) is -29.1. The third-order valence-electron chi connectivity index (χ3n) is 1.81. The number of hydrogen-bond donors (Lipinski definition) is 0. The third kappa shape index (κ3) is 1.84. The Hall–Kier alpha value is -0.965. The van der Waals surface area contributed by atoms with E-state index in [1.165, 1.54) is 0 Å². The molecule has 0 saturated carbocycles. The van der Waals surface area contributed by atoms with E-state index in [0.29, 0.717) is 0 Å². The molecule has 0 aromatic heterocycles. The summed E-state index contributed by atoms with van der Waals surface area (Å²) in [5.41, 5.74) is 0. The summed E-state index contributed by atoms with van der Waals surface area (Å²) in [5.74, 6) is -4.51. The van der Waals surface area contributed by atoms with E-state index in [-0.39, 0.29) is 0 Å². The van der Waals surface area contributed by atoms with Crippen molar-refractivity contribution in [1.82, 2.24) is 0 Å². The Balaban J connectivity index is 6.17. The molecule has 0 saturated heterocycles. The van der Waals surface area contributed by atoms with E-state index >= 15 is 0 Å². The Morgan fingerprint density at radius 1 is 0.688 bits per heavy atom. The zero-order chi connectivity index (χ0) is 13.6. The van der Waals surface area contributed by atoms with Gasteiger partial charge in [0.25, 0.3) is 18.2 Å². The van der Waals surface area contributed by atoms with Crippen molar-refractivity contribution < 1.29 is 48.7 Å². The maximum absolute atomic E-state index is 11.7. The highest BCUT2D eigenvalue weighted by atomic mass is 19.4. The first kappa shape index (κ1) is 15.0. The molecule has 0 aliphatic rings. The number of hydrogen-bond acceptors (Lipinski definition) is 1. The van der Waals surface area contributed by atoms with Crippen molar-refractivity contribution in [1.29, 1.82) is 0 Å². The fourth-order valence-electron chi connectivity index (χ4n) is 0.943. The van der Waals surface area contributed by atoms with Gasteiger partial charge in [0.05, 0.1) is 0 Å². The van der Waals surface area contributed by atoms with Crippen molar-refractivity contribution in [3.8, 4) is 0 Å². The fraction of sp³-hybridized carbons (Fsp3) is 0.750. The first-order chi connectivity index (χ1) is 6.69. The highest BCUT2D eigenvalue weighted by Gasteiger charge is 2.83. The van der Waals surface area contributed by atoms with Crippen LogP contribution in [0.3, 0.4) is 0 Å². The van der Waals surface area contributed by atoms with Gasteiger partial charge in [-0.15, -0.1) is 0 Å². The van der Waals surface area contributed by atoms with Gasteiger partial charge in [0, 0.05) is 0 Å². The first-order valence-corrected chi connectivity index (χ1v) is 3.25. The summed E-state index contributed by atoms with van der Waals surface area (Å²) in [4.78, 5) is 9.61. The predicted molar refractivity (Wildman–Crippen MR) is 30.4 cm³/mol. The van der Waals surface area contributed by atoms with E-state index < -0.39 is 30.3 Å². The molecule has 0 amide bonds. The number of rotatable bonds is 1. The summed E-state index contributed by atoms with van der Waals surface area (Å²) in [7, 11) is 0. The lowest BCUT2D eigenvalue weighted by atomic mass is 9.22. The minimum atomic E-state index is -7.80. The summed E-state index contributed by atoms with van der Waals surface area (Å²) in [5, 5.41) is 0. The van der Waals surface area contributed by atoms with Gasteiger partial charge >= 0.3 is 6.15 Å². The van der Waals surface area contributed by atoms with Crippen LogP contribution in [0.15, 0.2) is 0 Å². The summed E-state index contributed by atoms with van der Waals surface area (Å²) >= 11 is 0. The minimum Gasteiger partial charge on any atom is -0.309 e. The SMILES string of the molecule is O=C(F)[B-](C(F)(F)F)(C(F)(F)F)C(F)(F)F. The molecular formula is C4BF10O-. The molecule has 0 aliphatic carbocycles. The van der Waals surface area contributed by atoms with E-state index in [4.69, 9.17) is 0 Å². The Bertz CT molecular complexity index is 247. The first-order valence-electron chi connectivity index (χ1n) is 3.25. The van der Waals surface area contributed by atoms with Gasteiger partial charge in [-0.1, -0.05) is 0 Å². The van der Waals surface area contributed by atoms with E-state index in [2.05, 4.69) is 0 Å². The molecular weight excluding hydrogens is 265 g/mol. The Kier molecular flexibility index (Phi) is 3.31. The number of halogens is 10. The van der Waals surface area contributed by atoms with Gasteiger partial charge in [-0.05, 0) is 0 Å². The zero-order valence-corrected chi connectivity index (χ0v) is 6.77. The van der Waals surface area contributed by atoms with E-state index in [0.717, 1.165) is 0 Å². The summed E-state index contributed by atoms with van der Waals surface area (Å²) in [6, 6.07) is 0. The molecule has 0 rings (SSSR count). The van der Waals surface area contributed by atoms with E-state index in [1.807, 2.05) is 0 Å².